The number of aryl methyl sites for hydroxylation is 1. The Morgan fingerprint density at radius 2 is 1.82 bits per heavy atom. The van der Waals surface area contributed by atoms with Crippen molar-refractivity contribution in [1.29, 1.82) is 0 Å². The molecule has 0 aliphatic rings. The number of nitrogens with zero attached hydrogens (tertiary/aromatic N) is 5. The fourth-order valence-corrected chi connectivity index (χ4v) is 4.12. The molecule has 4 rings (SSSR count). The number of benzene rings is 2. The van der Waals surface area contributed by atoms with Gasteiger partial charge >= 0.3 is 0 Å². The molecule has 2 aromatic heterocycles. The molecular formula is C21H21N5OS. The number of rotatable bonds is 5. The van der Waals surface area contributed by atoms with Gasteiger partial charge in [0.25, 0.3) is 0 Å². The quantitative estimate of drug-likeness (QED) is 0.478. The highest BCUT2D eigenvalue weighted by atomic mass is 32.2. The topological polar surface area (TPSA) is 63.9 Å². The summed E-state index contributed by atoms with van der Waals surface area (Å²) in [7, 11) is 1.78. The van der Waals surface area contributed by atoms with Gasteiger partial charge in [-0.15, -0.1) is 10.2 Å². The number of hydrogen-bond donors (Lipinski definition) is 0. The summed E-state index contributed by atoms with van der Waals surface area (Å²) in [5.74, 6) is -0.00377. The van der Waals surface area contributed by atoms with Gasteiger partial charge in [0.05, 0.1) is 10.8 Å². The van der Waals surface area contributed by atoms with Crippen LogP contribution in [0.5, 0.6) is 0 Å². The van der Waals surface area contributed by atoms with Crippen molar-refractivity contribution in [3.63, 3.8) is 0 Å². The number of hydrogen-bond acceptors (Lipinski definition) is 5. The second-order valence-corrected chi connectivity index (χ2v) is 7.83. The zero-order valence-corrected chi connectivity index (χ0v) is 16.8. The number of anilines is 1. The Morgan fingerprint density at radius 3 is 2.57 bits per heavy atom. The fraction of sp³-hybridized carbons (Fsp3) is 0.238. The van der Waals surface area contributed by atoms with Crippen LogP contribution in [0.1, 0.15) is 13.8 Å². The van der Waals surface area contributed by atoms with Crippen molar-refractivity contribution in [1.82, 2.24) is 19.7 Å². The van der Waals surface area contributed by atoms with Crippen molar-refractivity contribution in [3.05, 3.63) is 54.6 Å². The Hall–Kier alpha value is -2.93. The number of fused-ring (bicyclic) bond motifs is 3. The average Bonchev–Trinajstić information content (AvgIpc) is 3.06. The lowest BCUT2D eigenvalue weighted by Gasteiger charge is -2.20. The predicted octanol–water partition coefficient (Wildman–Crippen LogP) is 4.14. The van der Waals surface area contributed by atoms with E-state index < -0.39 is 0 Å². The minimum Gasteiger partial charge on any atom is -0.324 e. The van der Waals surface area contributed by atoms with E-state index >= 15 is 0 Å². The van der Waals surface area contributed by atoms with E-state index in [0.717, 1.165) is 34.3 Å². The molecule has 0 aliphatic heterocycles. The molecule has 0 saturated carbocycles. The molecule has 142 valence electrons. The van der Waals surface area contributed by atoms with Crippen LogP contribution in [0, 0.1) is 0 Å². The zero-order chi connectivity index (χ0) is 19.7. The first-order chi connectivity index (χ1) is 13.6. The summed E-state index contributed by atoms with van der Waals surface area (Å²) in [5.41, 5.74) is 3.55. The van der Waals surface area contributed by atoms with Gasteiger partial charge in [-0.2, -0.15) is 0 Å². The summed E-state index contributed by atoms with van der Waals surface area (Å²) in [6.45, 7) is 4.75. The van der Waals surface area contributed by atoms with E-state index in [9.17, 15) is 4.79 Å². The van der Waals surface area contributed by atoms with E-state index in [1.807, 2.05) is 55.5 Å². The second-order valence-electron chi connectivity index (χ2n) is 6.52. The van der Waals surface area contributed by atoms with E-state index in [1.54, 1.807) is 11.9 Å². The van der Waals surface area contributed by atoms with Gasteiger partial charge in [-0.25, -0.2) is 4.98 Å². The SMILES string of the molecule is CCn1c2ccccc2c2nnc(SC(C)C(=O)N(C)c3ccccc3)nc21. The van der Waals surface area contributed by atoms with Crippen molar-refractivity contribution in [2.45, 2.75) is 30.8 Å². The van der Waals surface area contributed by atoms with Crippen LogP contribution in [-0.2, 0) is 11.3 Å². The van der Waals surface area contributed by atoms with E-state index in [0.29, 0.717) is 5.16 Å². The maximum atomic E-state index is 12.8. The molecule has 1 unspecified atom stereocenters. The molecule has 0 fully saturated rings. The van der Waals surface area contributed by atoms with Crippen molar-refractivity contribution in [2.75, 3.05) is 11.9 Å². The van der Waals surface area contributed by atoms with Gasteiger partial charge in [-0.05, 0) is 32.0 Å². The highest BCUT2D eigenvalue weighted by Crippen LogP contribution is 2.28. The van der Waals surface area contributed by atoms with E-state index in [-0.39, 0.29) is 11.2 Å². The van der Waals surface area contributed by atoms with Crippen molar-refractivity contribution < 1.29 is 4.79 Å². The Bertz CT molecular complexity index is 1140. The van der Waals surface area contributed by atoms with Crippen molar-refractivity contribution in [2.24, 2.45) is 0 Å². The highest BCUT2D eigenvalue weighted by Gasteiger charge is 2.22. The first-order valence-corrected chi connectivity index (χ1v) is 10.1. The third-order valence-corrected chi connectivity index (χ3v) is 5.71. The molecule has 2 aromatic carbocycles. The van der Waals surface area contributed by atoms with Crippen LogP contribution < -0.4 is 4.90 Å². The lowest BCUT2D eigenvalue weighted by atomic mass is 10.2. The average molecular weight is 392 g/mol. The summed E-state index contributed by atoms with van der Waals surface area (Å²) < 4.78 is 2.13. The normalized spacial score (nSPS) is 12.4. The lowest BCUT2D eigenvalue weighted by molar-refractivity contribution is -0.117. The van der Waals surface area contributed by atoms with Crippen LogP contribution in [0.15, 0.2) is 59.8 Å². The van der Waals surface area contributed by atoms with Crippen LogP contribution in [0.25, 0.3) is 22.1 Å². The molecule has 0 aliphatic carbocycles. The first-order valence-electron chi connectivity index (χ1n) is 9.21. The van der Waals surface area contributed by atoms with Crippen molar-refractivity contribution in [3.8, 4) is 0 Å². The van der Waals surface area contributed by atoms with E-state index in [2.05, 4.69) is 27.8 Å². The maximum absolute atomic E-state index is 12.8. The third kappa shape index (κ3) is 3.22. The summed E-state index contributed by atoms with van der Waals surface area (Å²) in [6.07, 6.45) is 0. The Labute approximate surface area is 167 Å². The highest BCUT2D eigenvalue weighted by molar-refractivity contribution is 8.00. The number of para-hydroxylation sites is 2. The molecule has 1 amide bonds. The van der Waals surface area contributed by atoms with Gasteiger partial charge in [-0.1, -0.05) is 48.2 Å². The minimum absolute atomic E-state index is 0.00377. The van der Waals surface area contributed by atoms with Gasteiger partial charge in [0, 0.05) is 24.7 Å². The molecule has 28 heavy (non-hydrogen) atoms. The molecule has 0 saturated heterocycles. The van der Waals surface area contributed by atoms with Gasteiger partial charge in [0.15, 0.2) is 5.65 Å². The Balaban J connectivity index is 1.63. The van der Waals surface area contributed by atoms with Gasteiger partial charge in [0.2, 0.25) is 11.1 Å². The minimum atomic E-state index is -0.330. The van der Waals surface area contributed by atoms with Crippen LogP contribution in [0.4, 0.5) is 5.69 Å². The number of carbonyl (C=O) groups excluding carboxylic acids is 1. The standard InChI is InChI=1S/C21H21N5OS/c1-4-26-17-13-9-8-12-16(17)18-19(26)22-21(24-23-18)28-14(2)20(27)25(3)15-10-6-5-7-11-15/h5-14H,4H2,1-3H3. The molecule has 2 heterocycles. The number of carbonyl (C=O) groups is 1. The van der Waals surface area contributed by atoms with Gasteiger partial charge < -0.3 is 9.47 Å². The molecule has 0 spiro atoms. The summed E-state index contributed by atoms with van der Waals surface area (Å²) in [5, 5.41) is 9.91. The Morgan fingerprint density at radius 1 is 1.11 bits per heavy atom. The summed E-state index contributed by atoms with van der Waals surface area (Å²) in [4.78, 5) is 19.2. The molecule has 1 atom stereocenters. The number of thioether (sulfide) groups is 1. The third-order valence-electron chi connectivity index (χ3n) is 4.77. The van der Waals surface area contributed by atoms with Gasteiger partial charge in [0.1, 0.15) is 5.52 Å². The molecule has 0 radical (unpaired) electrons. The van der Waals surface area contributed by atoms with Crippen LogP contribution in [0.3, 0.4) is 0 Å². The molecule has 4 aromatic rings. The van der Waals surface area contributed by atoms with Crippen LogP contribution in [0.2, 0.25) is 0 Å². The predicted molar refractivity (Wildman–Crippen MR) is 114 cm³/mol. The van der Waals surface area contributed by atoms with E-state index in [4.69, 9.17) is 4.98 Å². The largest absolute Gasteiger partial charge is 0.324 e. The van der Waals surface area contributed by atoms with E-state index in [1.165, 1.54) is 11.8 Å². The zero-order valence-electron chi connectivity index (χ0n) is 16.0. The molecule has 7 heteroatoms. The van der Waals surface area contributed by atoms with Crippen LogP contribution in [-0.4, -0.2) is 38.0 Å². The smallest absolute Gasteiger partial charge is 0.240 e. The number of aromatic nitrogens is 4. The fourth-order valence-electron chi connectivity index (χ4n) is 3.32. The second kappa shape index (κ2) is 7.59. The lowest BCUT2D eigenvalue weighted by Crippen LogP contribution is -2.33. The van der Waals surface area contributed by atoms with Crippen LogP contribution >= 0.6 is 11.8 Å². The monoisotopic (exact) mass is 391 g/mol. The number of amides is 1. The van der Waals surface area contributed by atoms with Gasteiger partial charge in [-0.3, -0.25) is 4.79 Å². The molecule has 6 nitrogen and oxygen atoms in total. The summed E-state index contributed by atoms with van der Waals surface area (Å²) >= 11 is 1.33. The summed E-state index contributed by atoms with van der Waals surface area (Å²) in [6, 6.07) is 17.7. The van der Waals surface area contributed by atoms with Crippen molar-refractivity contribution >= 4 is 45.4 Å². The maximum Gasteiger partial charge on any atom is 0.240 e. The Kier molecular flexibility index (Phi) is 5.00. The first kappa shape index (κ1) is 18.4. The molecular weight excluding hydrogens is 370 g/mol. The molecule has 0 bridgehead atoms. The molecule has 0 N–H and O–H groups in total.